The molecule has 0 bridgehead atoms. The van der Waals surface area contributed by atoms with Gasteiger partial charge < -0.3 is 18.5 Å². The first-order valence-corrected chi connectivity index (χ1v) is 11.8. The molecule has 0 radical (unpaired) electrons. The number of sulfone groups is 1. The van der Waals surface area contributed by atoms with Gasteiger partial charge in [-0.1, -0.05) is 23.7 Å². The lowest BCUT2D eigenvalue weighted by atomic mass is 10.2. The van der Waals surface area contributed by atoms with E-state index >= 15 is 0 Å². The minimum absolute atomic E-state index is 0.0194. The highest BCUT2D eigenvalue weighted by Gasteiger charge is 2.26. The summed E-state index contributed by atoms with van der Waals surface area (Å²) in [6.45, 7) is 0.432. The van der Waals surface area contributed by atoms with Gasteiger partial charge in [-0.2, -0.15) is 0 Å². The fourth-order valence-corrected chi connectivity index (χ4v) is 4.51. The Labute approximate surface area is 196 Å². The zero-order valence-corrected chi connectivity index (χ0v) is 19.2. The fraction of sp³-hybridized carbons (Fsp3) is 0.125. The molecule has 2 aromatic carbocycles. The van der Waals surface area contributed by atoms with Gasteiger partial charge >= 0.3 is 0 Å². The van der Waals surface area contributed by atoms with Crippen molar-refractivity contribution in [2.75, 3.05) is 7.11 Å². The van der Waals surface area contributed by atoms with Crippen LogP contribution in [0, 0.1) is 0 Å². The average Bonchev–Trinajstić information content (AvgIpc) is 3.52. The van der Waals surface area contributed by atoms with Crippen LogP contribution in [0.25, 0.3) is 0 Å². The normalized spacial score (nSPS) is 11.3. The number of carbonyl (C=O) groups is 1. The molecule has 4 rings (SSSR count). The summed E-state index contributed by atoms with van der Waals surface area (Å²) in [6, 6.07) is 19.1. The minimum atomic E-state index is -3.94. The lowest BCUT2D eigenvalue weighted by Gasteiger charge is -2.21. The summed E-state index contributed by atoms with van der Waals surface area (Å²) in [6.07, 6.45) is 1.52. The lowest BCUT2D eigenvalue weighted by Crippen LogP contribution is -2.29. The van der Waals surface area contributed by atoms with Crippen molar-refractivity contribution in [3.63, 3.8) is 0 Å². The molecule has 0 aliphatic heterocycles. The van der Waals surface area contributed by atoms with Gasteiger partial charge in [0.2, 0.25) is 14.9 Å². The molecule has 7 nitrogen and oxygen atoms in total. The van der Waals surface area contributed by atoms with Crippen molar-refractivity contribution in [2.24, 2.45) is 0 Å². The van der Waals surface area contributed by atoms with Crippen LogP contribution in [0.4, 0.5) is 0 Å². The van der Waals surface area contributed by atoms with Crippen LogP contribution in [0.5, 0.6) is 5.75 Å². The van der Waals surface area contributed by atoms with Crippen molar-refractivity contribution >= 4 is 27.3 Å². The first kappa shape index (κ1) is 22.7. The summed E-state index contributed by atoms with van der Waals surface area (Å²) in [7, 11) is -2.36. The van der Waals surface area contributed by atoms with Gasteiger partial charge in [0.1, 0.15) is 11.5 Å². The number of nitrogens with zero attached hydrogens (tertiary/aromatic N) is 1. The number of methoxy groups -OCH3 is 1. The Balaban J connectivity index is 1.60. The summed E-state index contributed by atoms with van der Waals surface area (Å²) in [5, 5.41) is 0.0898. The van der Waals surface area contributed by atoms with E-state index in [9.17, 15) is 13.2 Å². The molecular weight excluding hydrogens is 466 g/mol. The highest BCUT2D eigenvalue weighted by molar-refractivity contribution is 7.91. The molecular formula is C24H20ClNO6S. The minimum Gasteiger partial charge on any atom is -0.497 e. The van der Waals surface area contributed by atoms with Crippen LogP contribution in [-0.4, -0.2) is 26.3 Å². The van der Waals surface area contributed by atoms with Crippen molar-refractivity contribution in [3.05, 3.63) is 101 Å². The van der Waals surface area contributed by atoms with E-state index in [1.807, 2.05) is 12.1 Å². The SMILES string of the molecule is COc1ccc(CN(Cc2ccco2)C(=O)c2ccc(S(=O)(=O)c3ccc(Cl)cc3)o2)cc1. The number of hydrogen-bond acceptors (Lipinski definition) is 6. The van der Waals surface area contributed by atoms with Gasteiger partial charge in [-0.15, -0.1) is 0 Å². The van der Waals surface area contributed by atoms with Crippen molar-refractivity contribution in [2.45, 2.75) is 23.1 Å². The third-order valence-electron chi connectivity index (χ3n) is 4.93. The van der Waals surface area contributed by atoms with E-state index in [2.05, 4.69) is 0 Å². The van der Waals surface area contributed by atoms with E-state index in [4.69, 9.17) is 25.2 Å². The van der Waals surface area contributed by atoms with Crippen LogP contribution >= 0.6 is 11.6 Å². The molecule has 0 saturated carbocycles. The first-order chi connectivity index (χ1) is 15.9. The smallest absolute Gasteiger partial charge is 0.290 e. The van der Waals surface area contributed by atoms with Gasteiger partial charge in [0.25, 0.3) is 5.91 Å². The van der Waals surface area contributed by atoms with E-state index in [1.165, 1.54) is 47.6 Å². The lowest BCUT2D eigenvalue weighted by molar-refractivity contribution is 0.0679. The Bertz CT molecular complexity index is 1330. The molecule has 0 fully saturated rings. The molecule has 0 aliphatic carbocycles. The molecule has 2 aromatic heterocycles. The highest BCUT2D eigenvalue weighted by Crippen LogP contribution is 2.25. The summed E-state index contributed by atoms with van der Waals surface area (Å²) >= 11 is 5.85. The van der Waals surface area contributed by atoms with Crippen LogP contribution in [0.15, 0.2) is 97.9 Å². The molecule has 170 valence electrons. The Kier molecular flexibility index (Phi) is 6.57. The summed E-state index contributed by atoms with van der Waals surface area (Å²) in [5.74, 6) is 0.713. The second kappa shape index (κ2) is 9.56. The quantitative estimate of drug-likeness (QED) is 0.340. The number of amides is 1. The largest absolute Gasteiger partial charge is 0.497 e. The molecule has 9 heteroatoms. The average molecular weight is 486 g/mol. The summed E-state index contributed by atoms with van der Waals surface area (Å²) in [4.78, 5) is 14.8. The molecule has 33 heavy (non-hydrogen) atoms. The Morgan fingerprint density at radius 1 is 0.970 bits per heavy atom. The van der Waals surface area contributed by atoms with Crippen LogP contribution in [0.3, 0.4) is 0 Å². The third-order valence-corrected chi connectivity index (χ3v) is 6.82. The van der Waals surface area contributed by atoms with Gasteiger partial charge in [0.15, 0.2) is 5.76 Å². The molecule has 4 aromatic rings. The Hall–Kier alpha value is -3.49. The molecule has 1 amide bonds. The van der Waals surface area contributed by atoms with Crippen LogP contribution in [0.2, 0.25) is 5.02 Å². The molecule has 0 atom stereocenters. The van der Waals surface area contributed by atoms with Crippen LogP contribution in [-0.2, 0) is 22.9 Å². The third kappa shape index (κ3) is 5.13. The van der Waals surface area contributed by atoms with Crippen LogP contribution < -0.4 is 4.74 Å². The summed E-state index contributed by atoms with van der Waals surface area (Å²) < 4.78 is 41.8. The van der Waals surface area contributed by atoms with E-state index in [0.717, 1.165) is 5.56 Å². The van der Waals surface area contributed by atoms with Gasteiger partial charge in [0.05, 0.1) is 24.8 Å². The van der Waals surface area contributed by atoms with Gasteiger partial charge in [-0.05, 0) is 66.2 Å². The van der Waals surface area contributed by atoms with Crippen LogP contribution in [0.1, 0.15) is 21.9 Å². The van der Waals surface area contributed by atoms with E-state index in [1.54, 1.807) is 31.4 Å². The number of furan rings is 2. The molecule has 0 unspecified atom stereocenters. The zero-order chi connectivity index (χ0) is 23.4. The Morgan fingerprint density at radius 2 is 1.70 bits per heavy atom. The molecule has 0 spiro atoms. The molecule has 0 aliphatic rings. The van der Waals surface area contributed by atoms with Gasteiger partial charge in [0, 0.05) is 11.6 Å². The number of halogens is 1. The topological polar surface area (TPSA) is 90.0 Å². The monoisotopic (exact) mass is 485 g/mol. The van der Waals surface area contributed by atoms with E-state index in [-0.39, 0.29) is 28.8 Å². The second-order valence-electron chi connectivity index (χ2n) is 7.16. The van der Waals surface area contributed by atoms with E-state index < -0.39 is 15.7 Å². The van der Waals surface area contributed by atoms with Gasteiger partial charge in [-0.3, -0.25) is 4.79 Å². The van der Waals surface area contributed by atoms with E-state index in [0.29, 0.717) is 16.5 Å². The zero-order valence-electron chi connectivity index (χ0n) is 17.6. The summed E-state index contributed by atoms with van der Waals surface area (Å²) in [5.41, 5.74) is 0.858. The number of rotatable bonds is 8. The molecule has 0 saturated heterocycles. The van der Waals surface area contributed by atoms with Gasteiger partial charge in [-0.25, -0.2) is 8.42 Å². The fourth-order valence-electron chi connectivity index (χ4n) is 3.21. The number of carbonyl (C=O) groups excluding carboxylic acids is 1. The van der Waals surface area contributed by atoms with Crippen molar-refractivity contribution in [3.8, 4) is 5.75 Å². The maximum absolute atomic E-state index is 13.3. The number of ether oxygens (including phenoxy) is 1. The standard InChI is InChI=1S/C24H20ClNO6S/c1-30-19-8-4-17(5-9-19)15-26(16-20-3-2-14-31-20)24(27)22-12-13-23(32-22)33(28,29)21-10-6-18(25)7-11-21/h2-14H,15-16H2,1H3. The number of hydrogen-bond donors (Lipinski definition) is 0. The highest BCUT2D eigenvalue weighted by atomic mass is 35.5. The maximum atomic E-state index is 13.3. The number of benzene rings is 2. The van der Waals surface area contributed by atoms with Crippen molar-refractivity contribution in [1.82, 2.24) is 4.90 Å². The molecule has 0 N–H and O–H groups in total. The van der Waals surface area contributed by atoms with Crippen molar-refractivity contribution in [1.29, 1.82) is 0 Å². The van der Waals surface area contributed by atoms with Crippen molar-refractivity contribution < 1.29 is 26.8 Å². The predicted octanol–water partition coefficient (Wildman–Crippen LogP) is 5.21. The molecule has 2 heterocycles. The maximum Gasteiger partial charge on any atom is 0.290 e. The first-order valence-electron chi connectivity index (χ1n) is 9.92. The predicted molar refractivity (Wildman–Crippen MR) is 121 cm³/mol. The Morgan fingerprint density at radius 3 is 2.33 bits per heavy atom. The second-order valence-corrected chi connectivity index (χ2v) is 9.48.